The van der Waals surface area contributed by atoms with Crippen LogP contribution in [0.25, 0.3) is 0 Å². The van der Waals surface area contributed by atoms with Gasteiger partial charge in [-0.15, -0.1) is 0 Å². The van der Waals surface area contributed by atoms with Crippen LogP contribution in [0, 0.1) is 10.1 Å². The van der Waals surface area contributed by atoms with Crippen LogP contribution in [0.15, 0.2) is 24.3 Å². The van der Waals surface area contributed by atoms with Crippen LogP contribution in [0.1, 0.15) is 29.6 Å². The highest BCUT2D eigenvalue weighted by Crippen LogP contribution is 2.13. The number of carbonyl (C=O) groups is 1. The second-order valence-electron chi connectivity index (χ2n) is 5.13. The summed E-state index contributed by atoms with van der Waals surface area (Å²) in [5.74, 6) is -0.317. The van der Waals surface area contributed by atoms with Gasteiger partial charge in [-0.3, -0.25) is 14.9 Å². The van der Waals surface area contributed by atoms with E-state index in [-0.39, 0.29) is 23.3 Å². The fourth-order valence-corrected chi connectivity index (χ4v) is 2.23. The highest BCUT2D eigenvalue weighted by atomic mass is 16.6. The van der Waals surface area contributed by atoms with Gasteiger partial charge in [-0.25, -0.2) is 0 Å². The molecule has 2 rings (SSSR count). The van der Waals surface area contributed by atoms with Crippen LogP contribution in [-0.2, 0) is 9.47 Å². The number of amides is 1. The zero-order valence-corrected chi connectivity index (χ0v) is 12.3. The second kappa shape index (κ2) is 8.45. The third-order valence-electron chi connectivity index (χ3n) is 3.40. The molecule has 1 aliphatic heterocycles. The van der Waals surface area contributed by atoms with Gasteiger partial charge in [0.05, 0.1) is 17.6 Å². The summed E-state index contributed by atoms with van der Waals surface area (Å²) in [7, 11) is 0. The first-order chi connectivity index (χ1) is 10.7. The van der Waals surface area contributed by atoms with Crippen molar-refractivity contribution in [3.63, 3.8) is 0 Å². The molecule has 22 heavy (non-hydrogen) atoms. The number of nitro benzene ring substituents is 1. The van der Waals surface area contributed by atoms with Crippen molar-refractivity contribution in [2.75, 3.05) is 26.4 Å². The molecule has 1 heterocycles. The number of hydrogen-bond acceptors (Lipinski definition) is 5. The van der Waals surface area contributed by atoms with Gasteiger partial charge in [0, 0.05) is 37.5 Å². The lowest BCUT2D eigenvalue weighted by atomic mass is 10.2. The van der Waals surface area contributed by atoms with Crippen LogP contribution in [0.5, 0.6) is 0 Å². The number of nitrogens with one attached hydrogen (secondary N) is 1. The van der Waals surface area contributed by atoms with Crippen molar-refractivity contribution in [1.29, 1.82) is 0 Å². The molecule has 1 aliphatic rings. The van der Waals surface area contributed by atoms with Gasteiger partial charge in [-0.2, -0.15) is 0 Å². The number of nitro groups is 1. The van der Waals surface area contributed by atoms with Crippen molar-refractivity contribution in [3.05, 3.63) is 39.9 Å². The van der Waals surface area contributed by atoms with Crippen LogP contribution in [0.4, 0.5) is 5.69 Å². The van der Waals surface area contributed by atoms with E-state index in [0.29, 0.717) is 26.2 Å². The van der Waals surface area contributed by atoms with Crippen LogP contribution in [-0.4, -0.2) is 43.3 Å². The molecule has 7 heteroatoms. The highest BCUT2D eigenvalue weighted by Gasteiger charge is 2.15. The number of nitrogens with zero attached hydrogens (tertiary/aromatic N) is 1. The molecule has 0 saturated carbocycles. The Bertz CT molecular complexity index is 514. The quantitative estimate of drug-likeness (QED) is 0.450. The molecule has 0 spiro atoms. The van der Waals surface area contributed by atoms with Crippen LogP contribution < -0.4 is 5.32 Å². The maximum Gasteiger partial charge on any atom is 0.270 e. The number of hydrogen-bond donors (Lipinski definition) is 1. The Morgan fingerprint density at radius 2 is 2.36 bits per heavy atom. The van der Waals surface area contributed by atoms with Crippen molar-refractivity contribution in [2.45, 2.75) is 25.4 Å². The molecule has 1 unspecified atom stereocenters. The van der Waals surface area contributed by atoms with E-state index >= 15 is 0 Å². The summed E-state index contributed by atoms with van der Waals surface area (Å²) >= 11 is 0. The average molecular weight is 308 g/mol. The van der Waals surface area contributed by atoms with Gasteiger partial charge in [-0.05, 0) is 25.3 Å². The molecular weight excluding hydrogens is 288 g/mol. The SMILES string of the molecule is O=C(NCCCOCC1CCCO1)c1cccc([N+](=O)[O-])c1. The molecule has 7 nitrogen and oxygen atoms in total. The topological polar surface area (TPSA) is 90.7 Å². The van der Waals surface area contributed by atoms with E-state index in [1.165, 1.54) is 18.2 Å². The summed E-state index contributed by atoms with van der Waals surface area (Å²) < 4.78 is 10.9. The third-order valence-corrected chi connectivity index (χ3v) is 3.40. The predicted octanol–water partition coefficient (Wildman–Crippen LogP) is 1.91. The molecule has 1 N–H and O–H groups in total. The lowest BCUT2D eigenvalue weighted by Gasteiger charge is -2.10. The second-order valence-corrected chi connectivity index (χ2v) is 5.13. The Hall–Kier alpha value is -1.99. The molecule has 1 amide bonds. The largest absolute Gasteiger partial charge is 0.379 e. The van der Waals surface area contributed by atoms with E-state index in [1.54, 1.807) is 6.07 Å². The maximum atomic E-state index is 11.9. The Balaban J connectivity index is 1.63. The maximum absolute atomic E-state index is 11.9. The first kappa shape index (κ1) is 16.4. The first-order valence-electron chi connectivity index (χ1n) is 7.39. The van der Waals surface area contributed by atoms with Gasteiger partial charge in [0.1, 0.15) is 0 Å². The number of benzene rings is 1. The molecule has 0 aliphatic carbocycles. The molecule has 1 fully saturated rings. The molecule has 120 valence electrons. The normalized spacial score (nSPS) is 17.4. The Morgan fingerprint density at radius 3 is 3.09 bits per heavy atom. The summed E-state index contributed by atoms with van der Waals surface area (Å²) in [6, 6.07) is 5.67. The van der Waals surface area contributed by atoms with E-state index in [0.717, 1.165) is 19.4 Å². The van der Waals surface area contributed by atoms with Crippen molar-refractivity contribution >= 4 is 11.6 Å². The van der Waals surface area contributed by atoms with Gasteiger partial charge in [0.2, 0.25) is 0 Å². The van der Waals surface area contributed by atoms with Gasteiger partial charge in [0.15, 0.2) is 0 Å². The molecule has 1 aromatic carbocycles. The van der Waals surface area contributed by atoms with E-state index < -0.39 is 4.92 Å². The van der Waals surface area contributed by atoms with Crippen molar-refractivity contribution in [2.24, 2.45) is 0 Å². The monoisotopic (exact) mass is 308 g/mol. The lowest BCUT2D eigenvalue weighted by molar-refractivity contribution is -0.384. The molecule has 0 radical (unpaired) electrons. The first-order valence-corrected chi connectivity index (χ1v) is 7.39. The van der Waals surface area contributed by atoms with E-state index in [2.05, 4.69) is 5.32 Å². The number of rotatable bonds is 8. The molecular formula is C15H20N2O5. The standard InChI is InChI=1S/C15H20N2O5/c18-15(12-4-1-5-13(10-12)17(19)20)16-7-3-8-21-11-14-6-2-9-22-14/h1,4-5,10,14H,2-3,6-9,11H2,(H,16,18). The minimum atomic E-state index is -0.518. The van der Waals surface area contributed by atoms with Crippen molar-refractivity contribution < 1.29 is 19.2 Å². The fourth-order valence-electron chi connectivity index (χ4n) is 2.23. The smallest absolute Gasteiger partial charge is 0.270 e. The summed E-state index contributed by atoms with van der Waals surface area (Å²) in [6.45, 7) is 2.42. The summed E-state index contributed by atoms with van der Waals surface area (Å²) in [6.07, 6.45) is 3.03. The van der Waals surface area contributed by atoms with E-state index in [9.17, 15) is 14.9 Å². The average Bonchev–Trinajstić information content (AvgIpc) is 3.04. The fraction of sp³-hybridized carbons (Fsp3) is 0.533. The van der Waals surface area contributed by atoms with Crippen LogP contribution >= 0.6 is 0 Å². The van der Waals surface area contributed by atoms with Gasteiger partial charge in [-0.1, -0.05) is 6.07 Å². The van der Waals surface area contributed by atoms with E-state index in [1.807, 2.05) is 0 Å². The minimum absolute atomic E-state index is 0.0902. The molecule has 1 aromatic rings. The van der Waals surface area contributed by atoms with Gasteiger partial charge in [0.25, 0.3) is 11.6 Å². The molecule has 1 saturated heterocycles. The summed E-state index contributed by atoms with van der Waals surface area (Å²) in [5.41, 5.74) is 0.196. The van der Waals surface area contributed by atoms with Crippen molar-refractivity contribution in [1.82, 2.24) is 5.32 Å². The zero-order valence-electron chi connectivity index (χ0n) is 12.3. The number of non-ortho nitro benzene ring substituents is 1. The molecule has 0 bridgehead atoms. The zero-order chi connectivity index (χ0) is 15.8. The van der Waals surface area contributed by atoms with Crippen molar-refractivity contribution in [3.8, 4) is 0 Å². The molecule has 0 aromatic heterocycles. The third kappa shape index (κ3) is 5.09. The van der Waals surface area contributed by atoms with Crippen LogP contribution in [0.2, 0.25) is 0 Å². The lowest BCUT2D eigenvalue weighted by Crippen LogP contribution is -2.25. The van der Waals surface area contributed by atoms with Crippen LogP contribution in [0.3, 0.4) is 0 Å². The highest BCUT2D eigenvalue weighted by molar-refractivity contribution is 5.94. The van der Waals surface area contributed by atoms with Gasteiger partial charge < -0.3 is 14.8 Å². The Kier molecular flexibility index (Phi) is 6.29. The number of carbonyl (C=O) groups excluding carboxylic acids is 1. The minimum Gasteiger partial charge on any atom is -0.379 e. The Morgan fingerprint density at radius 1 is 1.50 bits per heavy atom. The summed E-state index contributed by atoms with van der Waals surface area (Å²) in [4.78, 5) is 22.0. The summed E-state index contributed by atoms with van der Waals surface area (Å²) in [5, 5.41) is 13.4. The Labute approximate surface area is 128 Å². The number of ether oxygens (including phenoxy) is 2. The molecule has 1 atom stereocenters. The van der Waals surface area contributed by atoms with Gasteiger partial charge >= 0.3 is 0 Å². The predicted molar refractivity (Wildman–Crippen MR) is 79.8 cm³/mol. The van der Waals surface area contributed by atoms with E-state index in [4.69, 9.17) is 9.47 Å².